The second-order valence-corrected chi connectivity index (χ2v) is 8.33. The molecule has 0 saturated carbocycles. The Kier molecular flexibility index (Phi) is 5.65. The molecule has 0 unspecified atom stereocenters. The van der Waals surface area contributed by atoms with Gasteiger partial charge >= 0.3 is 0 Å². The highest BCUT2D eigenvalue weighted by molar-refractivity contribution is 7.92. The minimum Gasteiger partial charge on any atom is -0.368 e. The number of benzene rings is 2. The molecule has 3 rings (SSSR count). The lowest BCUT2D eigenvalue weighted by atomic mass is 10.2. The van der Waals surface area contributed by atoms with E-state index in [1.54, 1.807) is 11.0 Å². The largest absolute Gasteiger partial charge is 0.368 e. The maximum atomic E-state index is 14.1. The van der Waals surface area contributed by atoms with Gasteiger partial charge in [0.25, 0.3) is 0 Å². The maximum absolute atomic E-state index is 14.1. The molecule has 0 bridgehead atoms. The molecule has 0 atom stereocenters. The average Bonchev–Trinajstić information content (AvgIpc) is 2.66. The van der Waals surface area contributed by atoms with E-state index in [0.717, 1.165) is 16.2 Å². The number of piperazine rings is 1. The quantitative estimate of drug-likeness (QED) is 0.782. The summed E-state index contributed by atoms with van der Waals surface area (Å²) in [5.74, 6) is -1.01. The fraction of sp³-hybridized carbons (Fsp3) is 0.316. The van der Waals surface area contributed by atoms with Crippen molar-refractivity contribution in [1.82, 2.24) is 4.90 Å². The molecule has 1 fully saturated rings. The van der Waals surface area contributed by atoms with Gasteiger partial charge in [-0.1, -0.05) is 30.3 Å². The van der Waals surface area contributed by atoms with Crippen LogP contribution in [0.15, 0.2) is 54.6 Å². The molecule has 2 aromatic rings. The highest BCUT2D eigenvalue weighted by Gasteiger charge is 2.28. The van der Waals surface area contributed by atoms with Crippen LogP contribution in [0.2, 0.25) is 0 Å². The Hall–Kier alpha value is -2.61. The number of nitrogens with zero attached hydrogens (tertiary/aromatic N) is 3. The standard InChI is InChI=1S/C19H22FN3O3S/c1-27(25,26)23(18-10-6-5-9-17(18)20)15-19(24)22-13-11-21(12-14-22)16-7-3-2-4-8-16/h2-10H,11-15H2,1H3. The number of anilines is 2. The summed E-state index contributed by atoms with van der Waals surface area (Å²) < 4.78 is 39.1. The number of para-hydroxylation sites is 2. The number of amides is 1. The van der Waals surface area contributed by atoms with Gasteiger partial charge in [0.1, 0.15) is 12.4 Å². The van der Waals surface area contributed by atoms with E-state index >= 15 is 0 Å². The molecule has 1 aliphatic rings. The Bertz CT molecular complexity index is 897. The molecule has 1 saturated heterocycles. The van der Waals surface area contributed by atoms with Crippen molar-refractivity contribution in [1.29, 1.82) is 0 Å². The molecule has 1 amide bonds. The van der Waals surface area contributed by atoms with Gasteiger partial charge in [0.05, 0.1) is 11.9 Å². The Morgan fingerprint density at radius 1 is 1.00 bits per heavy atom. The molecule has 6 nitrogen and oxygen atoms in total. The Morgan fingerprint density at radius 3 is 2.19 bits per heavy atom. The lowest BCUT2D eigenvalue weighted by Gasteiger charge is -2.37. The molecule has 144 valence electrons. The summed E-state index contributed by atoms with van der Waals surface area (Å²) in [6, 6.07) is 15.5. The van der Waals surface area contributed by atoms with Gasteiger partial charge in [0.2, 0.25) is 15.9 Å². The van der Waals surface area contributed by atoms with Gasteiger partial charge in [-0.3, -0.25) is 9.10 Å². The summed E-state index contributed by atoms with van der Waals surface area (Å²) in [6.07, 6.45) is 0.972. The van der Waals surface area contributed by atoms with Crippen LogP contribution in [0.4, 0.5) is 15.8 Å². The van der Waals surface area contributed by atoms with Crippen LogP contribution in [0.1, 0.15) is 0 Å². The number of carbonyl (C=O) groups excluding carboxylic acids is 1. The van der Waals surface area contributed by atoms with E-state index in [1.165, 1.54) is 18.2 Å². The van der Waals surface area contributed by atoms with Crippen LogP contribution in [0.25, 0.3) is 0 Å². The molecule has 0 radical (unpaired) electrons. The first-order valence-electron chi connectivity index (χ1n) is 8.66. The highest BCUT2D eigenvalue weighted by atomic mass is 32.2. The van der Waals surface area contributed by atoms with Crippen molar-refractivity contribution in [2.24, 2.45) is 0 Å². The third-order valence-corrected chi connectivity index (χ3v) is 5.68. The lowest BCUT2D eigenvalue weighted by Crippen LogP contribution is -2.52. The van der Waals surface area contributed by atoms with E-state index in [-0.39, 0.29) is 11.6 Å². The van der Waals surface area contributed by atoms with Gasteiger partial charge in [0.15, 0.2) is 0 Å². The molecule has 1 heterocycles. The normalized spacial score (nSPS) is 14.9. The molecule has 27 heavy (non-hydrogen) atoms. The van der Waals surface area contributed by atoms with Crippen LogP contribution >= 0.6 is 0 Å². The summed E-state index contributed by atoms with van der Waals surface area (Å²) in [6.45, 7) is 1.89. The average molecular weight is 391 g/mol. The smallest absolute Gasteiger partial charge is 0.243 e. The van der Waals surface area contributed by atoms with Gasteiger partial charge in [-0.15, -0.1) is 0 Å². The van der Waals surface area contributed by atoms with E-state index in [2.05, 4.69) is 4.90 Å². The molecule has 0 aromatic heterocycles. The molecule has 2 aromatic carbocycles. The van der Waals surface area contributed by atoms with Crippen molar-refractivity contribution in [2.45, 2.75) is 0 Å². The molecular formula is C19H22FN3O3S. The first-order chi connectivity index (χ1) is 12.9. The lowest BCUT2D eigenvalue weighted by molar-refractivity contribution is -0.129. The van der Waals surface area contributed by atoms with E-state index < -0.39 is 22.4 Å². The summed E-state index contributed by atoms with van der Waals surface area (Å²) in [5, 5.41) is 0. The van der Waals surface area contributed by atoms with Crippen molar-refractivity contribution in [3.8, 4) is 0 Å². The van der Waals surface area contributed by atoms with E-state index in [1.807, 2.05) is 30.3 Å². The maximum Gasteiger partial charge on any atom is 0.243 e. The van der Waals surface area contributed by atoms with Gasteiger partial charge in [-0.05, 0) is 24.3 Å². The first-order valence-corrected chi connectivity index (χ1v) is 10.5. The van der Waals surface area contributed by atoms with Gasteiger partial charge in [-0.2, -0.15) is 0 Å². The van der Waals surface area contributed by atoms with Crippen LogP contribution < -0.4 is 9.21 Å². The SMILES string of the molecule is CS(=O)(=O)N(CC(=O)N1CCN(c2ccccc2)CC1)c1ccccc1F. The summed E-state index contributed by atoms with van der Waals surface area (Å²) in [7, 11) is -3.79. The molecule has 0 N–H and O–H groups in total. The topological polar surface area (TPSA) is 60.9 Å². The Balaban J connectivity index is 1.68. The number of sulfonamides is 1. The molecular weight excluding hydrogens is 369 g/mol. The van der Waals surface area contributed by atoms with E-state index in [9.17, 15) is 17.6 Å². The molecule has 0 spiro atoms. The Labute approximate surface area is 158 Å². The number of rotatable bonds is 5. The van der Waals surface area contributed by atoms with Gasteiger partial charge in [0, 0.05) is 31.9 Å². The van der Waals surface area contributed by atoms with Crippen molar-refractivity contribution >= 4 is 27.3 Å². The number of hydrogen-bond acceptors (Lipinski definition) is 4. The van der Waals surface area contributed by atoms with E-state index in [4.69, 9.17) is 0 Å². The second kappa shape index (κ2) is 7.96. The third kappa shape index (κ3) is 4.57. The molecule has 0 aliphatic carbocycles. The number of halogens is 1. The first kappa shape index (κ1) is 19.2. The molecule has 8 heteroatoms. The van der Waals surface area contributed by atoms with Crippen molar-refractivity contribution < 1.29 is 17.6 Å². The van der Waals surface area contributed by atoms with Crippen LogP contribution in [0.5, 0.6) is 0 Å². The summed E-state index contributed by atoms with van der Waals surface area (Å²) in [5.41, 5.74) is 0.977. The van der Waals surface area contributed by atoms with Gasteiger partial charge < -0.3 is 9.80 Å². The molecule has 1 aliphatic heterocycles. The Morgan fingerprint density at radius 2 is 1.59 bits per heavy atom. The summed E-state index contributed by atoms with van der Waals surface area (Å²) in [4.78, 5) is 16.5. The fourth-order valence-corrected chi connectivity index (χ4v) is 3.96. The predicted octanol–water partition coefficient (Wildman–Crippen LogP) is 1.94. The zero-order valence-electron chi connectivity index (χ0n) is 15.1. The zero-order valence-corrected chi connectivity index (χ0v) is 15.9. The highest BCUT2D eigenvalue weighted by Crippen LogP contribution is 2.22. The second-order valence-electron chi connectivity index (χ2n) is 6.42. The van der Waals surface area contributed by atoms with Crippen LogP contribution in [-0.4, -0.2) is 58.2 Å². The van der Waals surface area contributed by atoms with Crippen LogP contribution in [-0.2, 0) is 14.8 Å². The zero-order chi connectivity index (χ0) is 19.4. The van der Waals surface area contributed by atoms with Crippen molar-refractivity contribution in [3.05, 3.63) is 60.4 Å². The van der Waals surface area contributed by atoms with Crippen molar-refractivity contribution in [3.63, 3.8) is 0 Å². The minimum atomic E-state index is -3.79. The predicted molar refractivity (Wildman–Crippen MR) is 104 cm³/mol. The minimum absolute atomic E-state index is 0.115. The monoisotopic (exact) mass is 391 g/mol. The van der Waals surface area contributed by atoms with Crippen LogP contribution in [0, 0.1) is 5.82 Å². The summed E-state index contributed by atoms with van der Waals surface area (Å²) >= 11 is 0. The van der Waals surface area contributed by atoms with Crippen molar-refractivity contribution in [2.75, 3.05) is 48.2 Å². The third-order valence-electron chi connectivity index (χ3n) is 4.55. The fourth-order valence-electron chi connectivity index (χ4n) is 3.11. The number of hydrogen-bond donors (Lipinski definition) is 0. The number of carbonyl (C=O) groups is 1. The van der Waals surface area contributed by atoms with Crippen LogP contribution in [0.3, 0.4) is 0 Å². The van der Waals surface area contributed by atoms with Gasteiger partial charge in [-0.25, -0.2) is 12.8 Å². The van der Waals surface area contributed by atoms with E-state index in [0.29, 0.717) is 26.2 Å².